The highest BCUT2D eigenvalue weighted by atomic mass is 79.9. The number of benzene rings is 1. The zero-order valence-corrected chi connectivity index (χ0v) is 13.2. The molecule has 1 saturated heterocycles. The van der Waals surface area contributed by atoms with Crippen molar-refractivity contribution in [2.75, 3.05) is 24.5 Å². The van der Waals surface area contributed by atoms with E-state index in [9.17, 15) is 9.59 Å². The lowest BCUT2D eigenvalue weighted by Crippen LogP contribution is -2.44. The first-order valence-electron chi connectivity index (χ1n) is 6.89. The monoisotopic (exact) mass is 338 g/mol. The molecule has 2 rings (SSSR count). The van der Waals surface area contributed by atoms with E-state index in [2.05, 4.69) is 15.9 Å². The summed E-state index contributed by atoms with van der Waals surface area (Å²) >= 11 is 3.37. The zero-order chi connectivity index (χ0) is 14.5. The number of halogens is 1. The lowest BCUT2D eigenvalue weighted by Gasteiger charge is -2.29. The van der Waals surface area contributed by atoms with Crippen LogP contribution < -0.4 is 4.90 Å². The average molecular weight is 339 g/mol. The molecule has 4 nitrogen and oxygen atoms in total. The molecule has 0 saturated carbocycles. The maximum atomic E-state index is 12.3. The summed E-state index contributed by atoms with van der Waals surface area (Å²) in [4.78, 5) is 27.5. The van der Waals surface area contributed by atoms with E-state index < -0.39 is 0 Å². The van der Waals surface area contributed by atoms with Gasteiger partial charge in [-0.15, -0.1) is 0 Å². The minimum absolute atomic E-state index is 0.0304. The largest absolute Gasteiger partial charge is 0.341 e. The fourth-order valence-electron chi connectivity index (χ4n) is 2.38. The normalized spacial score (nSPS) is 15.0. The maximum absolute atomic E-state index is 12.3. The van der Waals surface area contributed by atoms with Gasteiger partial charge in [-0.3, -0.25) is 9.59 Å². The topological polar surface area (TPSA) is 40.6 Å². The van der Waals surface area contributed by atoms with Crippen LogP contribution in [-0.4, -0.2) is 36.3 Å². The number of carbonyl (C=O) groups is 2. The molecular formula is C15H19BrN2O2. The molecule has 0 spiro atoms. The van der Waals surface area contributed by atoms with Crippen molar-refractivity contribution >= 4 is 33.4 Å². The van der Waals surface area contributed by atoms with Gasteiger partial charge in [0.2, 0.25) is 11.8 Å². The van der Waals surface area contributed by atoms with Gasteiger partial charge in [0.1, 0.15) is 6.54 Å². The molecule has 1 fully saturated rings. The van der Waals surface area contributed by atoms with E-state index in [0.717, 1.165) is 36.1 Å². The number of rotatable bonds is 3. The molecule has 1 aliphatic rings. The van der Waals surface area contributed by atoms with Gasteiger partial charge in [-0.05, 0) is 43.5 Å². The summed E-state index contributed by atoms with van der Waals surface area (Å²) in [5.41, 5.74) is 0.756. The van der Waals surface area contributed by atoms with Gasteiger partial charge in [-0.25, -0.2) is 0 Å². The van der Waals surface area contributed by atoms with Crippen LogP contribution in [-0.2, 0) is 9.59 Å². The Morgan fingerprint density at radius 1 is 1.15 bits per heavy atom. The van der Waals surface area contributed by atoms with Crippen molar-refractivity contribution in [3.05, 3.63) is 28.7 Å². The Kier molecular flexibility index (Phi) is 5.17. The Labute approximate surface area is 127 Å². The molecule has 20 heavy (non-hydrogen) atoms. The van der Waals surface area contributed by atoms with Gasteiger partial charge in [0, 0.05) is 30.2 Å². The Morgan fingerprint density at radius 3 is 2.30 bits per heavy atom. The lowest BCUT2D eigenvalue weighted by molar-refractivity contribution is -0.132. The van der Waals surface area contributed by atoms with Crippen molar-refractivity contribution in [1.29, 1.82) is 0 Å². The van der Waals surface area contributed by atoms with Crippen molar-refractivity contribution in [2.45, 2.75) is 26.2 Å². The van der Waals surface area contributed by atoms with Crippen molar-refractivity contribution in [1.82, 2.24) is 4.90 Å². The zero-order valence-electron chi connectivity index (χ0n) is 11.6. The third-order valence-electron chi connectivity index (χ3n) is 3.52. The van der Waals surface area contributed by atoms with Crippen molar-refractivity contribution in [3.63, 3.8) is 0 Å². The van der Waals surface area contributed by atoms with Crippen LogP contribution in [0.25, 0.3) is 0 Å². The molecule has 0 atom stereocenters. The summed E-state index contributed by atoms with van der Waals surface area (Å²) in [6.45, 7) is 3.23. The fraction of sp³-hybridized carbons (Fsp3) is 0.467. The molecule has 0 aliphatic carbocycles. The molecule has 1 heterocycles. The second-order valence-corrected chi connectivity index (χ2v) is 5.94. The second-order valence-electron chi connectivity index (χ2n) is 5.02. The molecule has 1 aliphatic heterocycles. The molecule has 1 aromatic rings. The Balaban J connectivity index is 2.07. The lowest BCUT2D eigenvalue weighted by atomic mass is 10.1. The minimum Gasteiger partial charge on any atom is -0.341 e. The number of nitrogens with zero attached hydrogens (tertiary/aromatic N) is 2. The summed E-state index contributed by atoms with van der Waals surface area (Å²) in [7, 11) is 0. The molecule has 0 radical (unpaired) electrons. The smallest absolute Gasteiger partial charge is 0.242 e. The summed E-state index contributed by atoms with van der Waals surface area (Å²) in [5, 5.41) is 0. The van der Waals surface area contributed by atoms with Crippen molar-refractivity contribution in [2.24, 2.45) is 0 Å². The Hall–Kier alpha value is -1.36. The van der Waals surface area contributed by atoms with Gasteiger partial charge in [-0.1, -0.05) is 15.9 Å². The van der Waals surface area contributed by atoms with E-state index in [1.807, 2.05) is 29.2 Å². The third kappa shape index (κ3) is 3.82. The van der Waals surface area contributed by atoms with Crippen LogP contribution in [0.1, 0.15) is 26.2 Å². The number of anilines is 1. The van der Waals surface area contributed by atoms with E-state index in [1.54, 1.807) is 0 Å². The van der Waals surface area contributed by atoms with Gasteiger partial charge in [-0.2, -0.15) is 0 Å². The molecule has 0 N–H and O–H groups in total. The number of hydrogen-bond acceptors (Lipinski definition) is 2. The molecule has 0 bridgehead atoms. The summed E-state index contributed by atoms with van der Waals surface area (Å²) in [6, 6.07) is 7.43. The van der Waals surface area contributed by atoms with Crippen LogP contribution in [0, 0.1) is 0 Å². The Morgan fingerprint density at radius 2 is 1.75 bits per heavy atom. The predicted octanol–water partition coefficient (Wildman–Crippen LogP) is 2.81. The summed E-state index contributed by atoms with van der Waals surface area (Å²) in [6.07, 6.45) is 3.31. The SMILES string of the molecule is CC(=O)N(CC(=O)N1CCCCC1)c1ccc(Br)cc1. The third-order valence-corrected chi connectivity index (χ3v) is 4.05. The van der Waals surface area contributed by atoms with Crippen molar-refractivity contribution in [3.8, 4) is 0 Å². The van der Waals surface area contributed by atoms with Crippen LogP contribution >= 0.6 is 15.9 Å². The van der Waals surface area contributed by atoms with Gasteiger partial charge in [0.15, 0.2) is 0 Å². The van der Waals surface area contributed by atoms with E-state index in [0.29, 0.717) is 0 Å². The fourth-order valence-corrected chi connectivity index (χ4v) is 2.65. The van der Waals surface area contributed by atoms with Crippen molar-refractivity contribution < 1.29 is 9.59 Å². The van der Waals surface area contributed by atoms with Crippen LogP contribution in [0.3, 0.4) is 0 Å². The highest BCUT2D eigenvalue weighted by Gasteiger charge is 2.21. The molecule has 0 aromatic heterocycles. The van der Waals surface area contributed by atoms with E-state index in [4.69, 9.17) is 0 Å². The second kappa shape index (κ2) is 6.88. The van der Waals surface area contributed by atoms with Gasteiger partial charge >= 0.3 is 0 Å². The number of piperidine rings is 1. The first kappa shape index (κ1) is 15.0. The van der Waals surface area contributed by atoms with Gasteiger partial charge in [0.05, 0.1) is 0 Å². The highest BCUT2D eigenvalue weighted by Crippen LogP contribution is 2.19. The van der Waals surface area contributed by atoms with Crippen LogP contribution in [0.5, 0.6) is 0 Å². The predicted molar refractivity (Wildman–Crippen MR) is 82.6 cm³/mol. The van der Waals surface area contributed by atoms with Gasteiger partial charge in [0.25, 0.3) is 0 Å². The molecule has 108 valence electrons. The highest BCUT2D eigenvalue weighted by molar-refractivity contribution is 9.10. The summed E-state index contributed by atoms with van der Waals surface area (Å²) in [5.74, 6) is -0.0829. The first-order chi connectivity index (χ1) is 9.58. The number of likely N-dealkylation sites (tertiary alicyclic amines) is 1. The molecular weight excluding hydrogens is 320 g/mol. The molecule has 2 amide bonds. The molecule has 0 unspecified atom stereocenters. The maximum Gasteiger partial charge on any atom is 0.242 e. The van der Waals surface area contributed by atoms with Gasteiger partial charge < -0.3 is 9.80 Å². The van der Waals surface area contributed by atoms with Crippen LogP contribution in [0.2, 0.25) is 0 Å². The first-order valence-corrected chi connectivity index (χ1v) is 7.68. The van der Waals surface area contributed by atoms with Crippen LogP contribution in [0.15, 0.2) is 28.7 Å². The molecule has 1 aromatic carbocycles. The number of hydrogen-bond donors (Lipinski definition) is 0. The number of amides is 2. The minimum atomic E-state index is -0.113. The Bertz CT molecular complexity index is 481. The molecule has 5 heteroatoms. The standard InChI is InChI=1S/C15H19BrN2O2/c1-12(19)18(14-7-5-13(16)6-8-14)11-15(20)17-9-3-2-4-10-17/h5-8H,2-4,9-11H2,1H3. The van der Waals surface area contributed by atoms with E-state index in [-0.39, 0.29) is 18.4 Å². The quantitative estimate of drug-likeness (QED) is 0.850. The van der Waals surface area contributed by atoms with E-state index >= 15 is 0 Å². The van der Waals surface area contributed by atoms with Crippen LogP contribution in [0.4, 0.5) is 5.69 Å². The number of carbonyl (C=O) groups excluding carboxylic acids is 2. The summed E-state index contributed by atoms with van der Waals surface area (Å²) < 4.78 is 0.951. The average Bonchev–Trinajstić information content (AvgIpc) is 2.46. The van der Waals surface area contributed by atoms with E-state index in [1.165, 1.54) is 18.2 Å².